The van der Waals surface area contributed by atoms with E-state index in [0.29, 0.717) is 37.8 Å². The number of alkyl halides is 3. The van der Waals surface area contributed by atoms with E-state index in [4.69, 9.17) is 0 Å². The molecule has 2 fully saturated rings. The van der Waals surface area contributed by atoms with Gasteiger partial charge in [-0.05, 0) is 74.3 Å². The summed E-state index contributed by atoms with van der Waals surface area (Å²) in [5.74, 6) is -0.0508. The van der Waals surface area contributed by atoms with Crippen molar-refractivity contribution in [3.8, 4) is 0 Å². The number of hydrogen-bond acceptors (Lipinski definition) is 3. The molecule has 1 aliphatic carbocycles. The Morgan fingerprint density at radius 3 is 2.46 bits per heavy atom. The molecule has 2 aliphatic rings. The summed E-state index contributed by atoms with van der Waals surface area (Å²) >= 11 is 0. The van der Waals surface area contributed by atoms with Crippen LogP contribution in [0, 0.1) is 31.1 Å². The largest absolute Gasteiger partial charge is 0.433 e. The molecule has 1 aromatic heterocycles. The molecule has 1 aliphatic heterocycles. The number of Topliss-reactive ketones (excluding diaryl/α,β-unsaturated/α-hetero) is 1. The van der Waals surface area contributed by atoms with Crippen LogP contribution in [0.2, 0.25) is 0 Å². The van der Waals surface area contributed by atoms with Crippen LogP contribution in [-0.2, 0) is 17.5 Å². The fourth-order valence-electron chi connectivity index (χ4n) is 6.64. The number of allylic oxidation sites excluding steroid dienone is 2. The average molecular weight is 540 g/mol. The fraction of sp³-hybridized carbons (Fsp3) is 0.452. The molecule has 1 saturated carbocycles. The highest BCUT2D eigenvalue weighted by molar-refractivity contribution is 5.90. The number of likely N-dealkylation sites (tertiary alicyclic amines) is 1. The van der Waals surface area contributed by atoms with E-state index in [2.05, 4.69) is 18.1 Å². The van der Waals surface area contributed by atoms with Crippen LogP contribution < -0.4 is 0 Å². The second kappa shape index (κ2) is 11.0. The first-order valence-corrected chi connectivity index (χ1v) is 13.3. The van der Waals surface area contributed by atoms with Crippen LogP contribution in [0.1, 0.15) is 59.8 Å². The highest BCUT2D eigenvalue weighted by atomic mass is 19.4. The van der Waals surface area contributed by atoms with E-state index in [1.54, 1.807) is 37.1 Å². The van der Waals surface area contributed by atoms with Crippen LogP contribution >= 0.6 is 0 Å². The van der Waals surface area contributed by atoms with Crippen LogP contribution in [0.25, 0.3) is 0 Å². The molecule has 208 valence electrons. The van der Waals surface area contributed by atoms with Crippen LogP contribution in [0.4, 0.5) is 18.0 Å². The number of benzene rings is 1. The SMILES string of the molecule is C=CCC1(CC=C)C[C@@H]2C(CCN(C(=O)N(C)Cc3cc(C)cc(C(F)(F)F)n3)C2c2ccccc2C)C1=O. The lowest BCUT2D eigenvalue weighted by Gasteiger charge is -2.44. The number of pyridine rings is 1. The lowest BCUT2D eigenvalue weighted by molar-refractivity contribution is -0.141. The molecule has 2 aromatic rings. The number of nitrogens with zero attached hydrogens (tertiary/aromatic N) is 3. The van der Waals surface area contributed by atoms with Gasteiger partial charge in [-0.2, -0.15) is 13.2 Å². The molecule has 4 rings (SSSR count). The van der Waals surface area contributed by atoms with Crippen molar-refractivity contribution in [3.05, 3.63) is 89.8 Å². The van der Waals surface area contributed by atoms with E-state index in [-0.39, 0.29) is 41.9 Å². The first kappa shape index (κ1) is 28.6. The normalized spacial score (nSPS) is 22.4. The van der Waals surface area contributed by atoms with Gasteiger partial charge in [-0.3, -0.25) is 4.79 Å². The molecule has 2 heterocycles. The summed E-state index contributed by atoms with van der Waals surface area (Å²) in [7, 11) is 1.58. The minimum Gasteiger partial charge on any atom is -0.322 e. The average Bonchev–Trinajstić information content (AvgIpc) is 3.14. The van der Waals surface area contributed by atoms with E-state index >= 15 is 0 Å². The molecule has 0 radical (unpaired) electrons. The van der Waals surface area contributed by atoms with Gasteiger partial charge in [0.25, 0.3) is 0 Å². The number of urea groups is 1. The Labute approximate surface area is 228 Å². The van der Waals surface area contributed by atoms with E-state index < -0.39 is 17.3 Å². The van der Waals surface area contributed by atoms with Crippen LogP contribution in [0.3, 0.4) is 0 Å². The molecule has 1 aromatic carbocycles. The number of amides is 2. The third-order valence-electron chi connectivity index (χ3n) is 8.29. The lowest BCUT2D eigenvalue weighted by Crippen LogP contribution is -2.50. The standard InChI is InChI=1S/C31H36F3N3O2/c1-6-13-30(14-7-2)18-25-24(28(30)38)12-15-37(27(25)23-11-9-8-10-21(23)4)29(39)36(5)19-22-16-20(3)17-26(35-22)31(32,33)34/h6-11,16-17,24-25,27H,1-2,12-15,18-19H2,3-5H3/t24?,25-,27?/m1/s1. The van der Waals surface area contributed by atoms with E-state index in [1.807, 2.05) is 31.2 Å². The number of aryl methyl sites for hydroxylation is 2. The number of rotatable bonds is 7. The van der Waals surface area contributed by atoms with Gasteiger partial charge in [-0.1, -0.05) is 36.4 Å². The number of carbonyl (C=O) groups excluding carboxylic acids is 2. The summed E-state index contributed by atoms with van der Waals surface area (Å²) in [6.45, 7) is 11.7. The zero-order chi connectivity index (χ0) is 28.5. The summed E-state index contributed by atoms with van der Waals surface area (Å²) in [6, 6.07) is 9.82. The summed E-state index contributed by atoms with van der Waals surface area (Å²) in [4.78, 5) is 34.7. The van der Waals surface area contributed by atoms with Crippen molar-refractivity contribution in [2.75, 3.05) is 13.6 Å². The zero-order valence-electron chi connectivity index (χ0n) is 22.8. The first-order valence-electron chi connectivity index (χ1n) is 13.3. The lowest BCUT2D eigenvalue weighted by atomic mass is 9.76. The molecular weight excluding hydrogens is 503 g/mol. The van der Waals surface area contributed by atoms with Crippen molar-refractivity contribution in [3.63, 3.8) is 0 Å². The summed E-state index contributed by atoms with van der Waals surface area (Å²) in [5, 5.41) is 0. The Balaban J connectivity index is 1.68. The summed E-state index contributed by atoms with van der Waals surface area (Å²) in [5.41, 5.74) is 1.07. The molecule has 1 saturated heterocycles. The number of aromatic nitrogens is 1. The van der Waals surface area contributed by atoms with Crippen LogP contribution in [0.5, 0.6) is 0 Å². The predicted molar refractivity (Wildman–Crippen MR) is 145 cm³/mol. The number of carbonyl (C=O) groups is 2. The minimum atomic E-state index is -4.57. The van der Waals surface area contributed by atoms with E-state index in [1.165, 1.54) is 4.90 Å². The van der Waals surface area contributed by atoms with Gasteiger partial charge in [0.2, 0.25) is 0 Å². The van der Waals surface area contributed by atoms with Gasteiger partial charge in [0.1, 0.15) is 11.5 Å². The van der Waals surface area contributed by atoms with Gasteiger partial charge in [0.15, 0.2) is 0 Å². The number of hydrogen-bond donors (Lipinski definition) is 0. The van der Waals surface area contributed by atoms with Gasteiger partial charge in [-0.25, -0.2) is 9.78 Å². The van der Waals surface area contributed by atoms with Crippen LogP contribution in [-0.4, -0.2) is 40.2 Å². The maximum atomic E-state index is 13.9. The quantitative estimate of drug-likeness (QED) is 0.354. The van der Waals surface area contributed by atoms with Crippen LogP contribution in [0.15, 0.2) is 61.7 Å². The second-order valence-electron chi connectivity index (χ2n) is 11.0. The second-order valence-corrected chi connectivity index (χ2v) is 11.0. The highest BCUT2D eigenvalue weighted by Gasteiger charge is 2.57. The topological polar surface area (TPSA) is 53.5 Å². The molecule has 2 unspecified atom stereocenters. The Morgan fingerprint density at radius 2 is 1.85 bits per heavy atom. The Morgan fingerprint density at radius 1 is 1.18 bits per heavy atom. The number of fused-ring (bicyclic) bond motifs is 1. The Bertz CT molecular complexity index is 1260. The molecule has 0 bridgehead atoms. The summed E-state index contributed by atoms with van der Waals surface area (Å²) in [6.07, 6.45) is 1.29. The van der Waals surface area contributed by atoms with Crippen molar-refractivity contribution in [1.82, 2.24) is 14.8 Å². The van der Waals surface area contributed by atoms with Gasteiger partial charge >= 0.3 is 12.2 Å². The van der Waals surface area contributed by atoms with Crippen molar-refractivity contribution in [2.45, 2.75) is 58.3 Å². The van der Waals surface area contributed by atoms with Gasteiger partial charge in [-0.15, -0.1) is 13.2 Å². The van der Waals surface area contributed by atoms with E-state index in [9.17, 15) is 22.8 Å². The number of piperidine rings is 1. The predicted octanol–water partition coefficient (Wildman–Crippen LogP) is 7.06. The molecule has 39 heavy (non-hydrogen) atoms. The molecule has 5 nitrogen and oxygen atoms in total. The number of ketones is 1. The zero-order valence-corrected chi connectivity index (χ0v) is 22.8. The maximum Gasteiger partial charge on any atom is 0.433 e. The smallest absolute Gasteiger partial charge is 0.322 e. The molecule has 8 heteroatoms. The minimum absolute atomic E-state index is 0.0650. The van der Waals surface area contributed by atoms with E-state index in [0.717, 1.165) is 17.2 Å². The van der Waals surface area contributed by atoms with Crippen molar-refractivity contribution >= 4 is 11.8 Å². The summed E-state index contributed by atoms with van der Waals surface area (Å²) < 4.78 is 40.0. The molecule has 3 atom stereocenters. The molecule has 2 amide bonds. The number of halogens is 3. The van der Waals surface area contributed by atoms with Gasteiger partial charge < -0.3 is 9.80 Å². The Kier molecular flexibility index (Phi) is 8.05. The van der Waals surface area contributed by atoms with Crippen molar-refractivity contribution < 1.29 is 22.8 Å². The Hall–Kier alpha value is -3.42. The first-order chi connectivity index (χ1) is 18.4. The molecule has 0 N–H and O–H groups in total. The van der Waals surface area contributed by atoms with Crippen molar-refractivity contribution in [1.29, 1.82) is 0 Å². The van der Waals surface area contributed by atoms with Gasteiger partial charge in [0.05, 0.1) is 18.3 Å². The monoisotopic (exact) mass is 539 g/mol. The van der Waals surface area contributed by atoms with Gasteiger partial charge in [0, 0.05) is 24.9 Å². The molecule has 0 spiro atoms. The fourth-order valence-corrected chi connectivity index (χ4v) is 6.64. The molecular formula is C31H36F3N3O2. The third-order valence-corrected chi connectivity index (χ3v) is 8.29. The third kappa shape index (κ3) is 5.52. The highest BCUT2D eigenvalue weighted by Crippen LogP contribution is 2.56. The van der Waals surface area contributed by atoms with Crippen molar-refractivity contribution in [2.24, 2.45) is 17.3 Å². The maximum absolute atomic E-state index is 13.9.